The van der Waals surface area contributed by atoms with Crippen molar-refractivity contribution in [3.05, 3.63) is 29.3 Å². The molecule has 0 aliphatic heterocycles. The summed E-state index contributed by atoms with van der Waals surface area (Å²) in [5.41, 5.74) is -0.395. The van der Waals surface area contributed by atoms with Crippen LogP contribution in [0.25, 0.3) is 0 Å². The highest BCUT2D eigenvalue weighted by atomic mass is 16.5. The number of fused-ring (bicyclic) bond motifs is 3. The van der Waals surface area contributed by atoms with E-state index < -0.39 is 11.0 Å². The van der Waals surface area contributed by atoms with Crippen LogP contribution in [-0.2, 0) is 5.60 Å². The molecule has 0 heterocycles. The van der Waals surface area contributed by atoms with Gasteiger partial charge in [0.05, 0.1) is 18.1 Å². The van der Waals surface area contributed by atoms with Gasteiger partial charge in [-0.1, -0.05) is 19.1 Å². The maximum atomic E-state index is 12.7. The molecule has 0 bridgehead atoms. The summed E-state index contributed by atoms with van der Waals surface area (Å²) in [6.45, 7) is 3.91. The molecule has 18 heavy (non-hydrogen) atoms. The number of Topliss-reactive ketones (excluding diaryl/α,β-unsaturated/α-hetero) is 1. The first-order chi connectivity index (χ1) is 8.46. The second-order valence-electron chi connectivity index (χ2n) is 5.75. The van der Waals surface area contributed by atoms with E-state index in [0.717, 1.165) is 18.4 Å². The molecule has 1 aromatic rings. The van der Waals surface area contributed by atoms with E-state index in [-0.39, 0.29) is 11.7 Å². The summed E-state index contributed by atoms with van der Waals surface area (Å²) in [6, 6.07) is 5.50. The Morgan fingerprint density at radius 3 is 2.83 bits per heavy atom. The minimum atomic E-state index is -1.03. The maximum Gasteiger partial charge on any atom is 0.176 e. The van der Waals surface area contributed by atoms with Crippen LogP contribution in [0.15, 0.2) is 18.2 Å². The van der Waals surface area contributed by atoms with Crippen molar-refractivity contribution < 1.29 is 14.6 Å². The van der Waals surface area contributed by atoms with Crippen LogP contribution < -0.4 is 4.74 Å². The zero-order chi connectivity index (χ0) is 13.1. The third-order valence-corrected chi connectivity index (χ3v) is 5.02. The van der Waals surface area contributed by atoms with E-state index in [1.165, 1.54) is 0 Å². The van der Waals surface area contributed by atoms with Crippen molar-refractivity contribution in [2.75, 3.05) is 7.11 Å². The van der Waals surface area contributed by atoms with Gasteiger partial charge in [0.25, 0.3) is 0 Å². The highest BCUT2D eigenvalue weighted by Crippen LogP contribution is 2.63. The molecule has 0 unspecified atom stereocenters. The quantitative estimate of drug-likeness (QED) is 0.828. The number of carbonyl (C=O) groups is 1. The molecule has 0 aromatic heterocycles. The molecule has 1 saturated carbocycles. The SMILES string of the molecule is COc1cccc2c1C(=O)[C@@]1(C)CC[C@H](C)[C@@]21O. The van der Waals surface area contributed by atoms with Crippen molar-refractivity contribution in [3.63, 3.8) is 0 Å². The molecule has 3 atom stereocenters. The van der Waals surface area contributed by atoms with Crippen molar-refractivity contribution >= 4 is 5.78 Å². The minimum Gasteiger partial charge on any atom is -0.496 e. The van der Waals surface area contributed by atoms with E-state index in [9.17, 15) is 9.90 Å². The smallest absolute Gasteiger partial charge is 0.176 e. The van der Waals surface area contributed by atoms with Gasteiger partial charge in [0, 0.05) is 0 Å². The number of hydrogen-bond donors (Lipinski definition) is 1. The summed E-state index contributed by atoms with van der Waals surface area (Å²) in [4.78, 5) is 12.7. The largest absolute Gasteiger partial charge is 0.496 e. The van der Waals surface area contributed by atoms with E-state index >= 15 is 0 Å². The average Bonchev–Trinajstić information content (AvgIpc) is 2.72. The Balaban J connectivity index is 2.33. The molecule has 3 heteroatoms. The van der Waals surface area contributed by atoms with Crippen LogP contribution in [0.2, 0.25) is 0 Å². The van der Waals surface area contributed by atoms with E-state index in [2.05, 4.69) is 0 Å². The summed E-state index contributed by atoms with van der Waals surface area (Å²) in [7, 11) is 1.56. The first kappa shape index (κ1) is 11.7. The molecule has 3 rings (SSSR count). The van der Waals surface area contributed by atoms with E-state index in [1.54, 1.807) is 13.2 Å². The normalized spacial score (nSPS) is 37.6. The third kappa shape index (κ3) is 1.02. The fourth-order valence-electron chi connectivity index (χ4n) is 3.83. The van der Waals surface area contributed by atoms with Gasteiger partial charge in [0.1, 0.15) is 11.4 Å². The van der Waals surface area contributed by atoms with Crippen LogP contribution in [0.4, 0.5) is 0 Å². The van der Waals surface area contributed by atoms with Crippen LogP contribution in [0.5, 0.6) is 5.75 Å². The van der Waals surface area contributed by atoms with Crippen molar-refractivity contribution in [2.24, 2.45) is 11.3 Å². The molecule has 0 spiro atoms. The van der Waals surface area contributed by atoms with Gasteiger partial charge in [-0.2, -0.15) is 0 Å². The fraction of sp³-hybridized carbons (Fsp3) is 0.533. The average molecular weight is 246 g/mol. The van der Waals surface area contributed by atoms with Crippen LogP contribution in [0, 0.1) is 11.3 Å². The van der Waals surface area contributed by atoms with Crippen LogP contribution >= 0.6 is 0 Å². The maximum absolute atomic E-state index is 12.7. The second-order valence-corrected chi connectivity index (χ2v) is 5.75. The topological polar surface area (TPSA) is 46.5 Å². The Morgan fingerprint density at radius 2 is 2.17 bits per heavy atom. The Labute approximate surface area is 107 Å². The van der Waals surface area contributed by atoms with Crippen LogP contribution in [0.3, 0.4) is 0 Å². The number of hydrogen-bond acceptors (Lipinski definition) is 3. The molecule has 96 valence electrons. The lowest BCUT2D eigenvalue weighted by molar-refractivity contribution is -0.0599. The summed E-state index contributed by atoms with van der Waals surface area (Å²) in [6.07, 6.45) is 1.62. The van der Waals surface area contributed by atoms with Gasteiger partial charge in [-0.25, -0.2) is 0 Å². The second kappa shape index (κ2) is 3.35. The van der Waals surface area contributed by atoms with E-state index in [4.69, 9.17) is 4.74 Å². The van der Waals surface area contributed by atoms with Gasteiger partial charge in [-0.05, 0) is 37.3 Å². The summed E-state index contributed by atoms with van der Waals surface area (Å²) >= 11 is 0. The lowest BCUT2D eigenvalue weighted by Crippen LogP contribution is -2.41. The Morgan fingerprint density at radius 1 is 1.44 bits per heavy atom. The standard InChI is InChI=1S/C15H18O3/c1-9-7-8-14(2)13(16)12-10(15(9,14)17)5-4-6-11(12)18-3/h4-6,9,17H,7-8H2,1-3H3/t9-,14+,15+/m0/s1. The van der Waals surface area contributed by atoms with Gasteiger partial charge in [-0.15, -0.1) is 0 Å². The number of ether oxygens (including phenoxy) is 1. The van der Waals surface area contributed by atoms with Crippen molar-refractivity contribution in [1.82, 2.24) is 0 Å². The van der Waals surface area contributed by atoms with Crippen molar-refractivity contribution in [3.8, 4) is 5.75 Å². The third-order valence-electron chi connectivity index (χ3n) is 5.02. The van der Waals surface area contributed by atoms with E-state index in [0.29, 0.717) is 11.3 Å². The number of ketones is 1. The van der Waals surface area contributed by atoms with Crippen LogP contribution in [0.1, 0.15) is 42.6 Å². The molecule has 0 amide bonds. The lowest BCUT2D eigenvalue weighted by Gasteiger charge is -2.35. The molecule has 2 aliphatic carbocycles. The van der Waals surface area contributed by atoms with E-state index in [1.807, 2.05) is 26.0 Å². The summed E-state index contributed by atoms with van der Waals surface area (Å²) < 4.78 is 5.29. The molecule has 0 saturated heterocycles. The zero-order valence-corrected chi connectivity index (χ0v) is 11.0. The molecule has 0 radical (unpaired) electrons. The summed E-state index contributed by atoms with van der Waals surface area (Å²) in [5, 5.41) is 11.1. The molecule has 1 aromatic carbocycles. The van der Waals surface area contributed by atoms with Gasteiger partial charge in [0.2, 0.25) is 0 Å². The van der Waals surface area contributed by atoms with Crippen molar-refractivity contribution in [2.45, 2.75) is 32.3 Å². The predicted molar refractivity (Wildman–Crippen MR) is 67.7 cm³/mol. The fourth-order valence-corrected chi connectivity index (χ4v) is 3.83. The number of aliphatic hydroxyl groups is 1. The molecular formula is C15H18O3. The zero-order valence-electron chi connectivity index (χ0n) is 11.0. The van der Waals surface area contributed by atoms with Gasteiger partial charge >= 0.3 is 0 Å². The number of methoxy groups -OCH3 is 1. The Kier molecular flexibility index (Phi) is 2.18. The Bertz CT molecular complexity index is 537. The summed E-state index contributed by atoms with van der Waals surface area (Å²) in [5.74, 6) is 0.704. The van der Waals surface area contributed by atoms with Gasteiger partial charge in [0.15, 0.2) is 5.78 Å². The van der Waals surface area contributed by atoms with Crippen molar-refractivity contribution in [1.29, 1.82) is 0 Å². The Hall–Kier alpha value is -1.35. The van der Waals surface area contributed by atoms with Crippen LogP contribution in [-0.4, -0.2) is 18.0 Å². The highest BCUT2D eigenvalue weighted by molar-refractivity contribution is 6.08. The number of carbonyl (C=O) groups excluding carboxylic acids is 1. The highest BCUT2D eigenvalue weighted by Gasteiger charge is 2.66. The van der Waals surface area contributed by atoms with Gasteiger partial charge < -0.3 is 9.84 Å². The molecular weight excluding hydrogens is 228 g/mol. The molecule has 1 fully saturated rings. The number of rotatable bonds is 1. The predicted octanol–water partition coefficient (Wildman–Crippen LogP) is 2.52. The minimum absolute atomic E-state index is 0.0294. The first-order valence-corrected chi connectivity index (χ1v) is 6.41. The first-order valence-electron chi connectivity index (χ1n) is 6.41. The lowest BCUT2D eigenvalue weighted by atomic mass is 9.73. The number of benzene rings is 1. The monoisotopic (exact) mass is 246 g/mol. The molecule has 1 N–H and O–H groups in total. The molecule has 3 nitrogen and oxygen atoms in total. The van der Waals surface area contributed by atoms with Gasteiger partial charge in [-0.3, -0.25) is 4.79 Å². The molecule has 2 aliphatic rings.